The van der Waals surface area contributed by atoms with Crippen molar-refractivity contribution in [2.24, 2.45) is 0 Å². The second kappa shape index (κ2) is 8.96. The molecule has 0 radical (unpaired) electrons. The Morgan fingerprint density at radius 1 is 0.963 bits per heavy atom. The second-order valence-corrected chi connectivity index (χ2v) is 7.39. The van der Waals surface area contributed by atoms with Crippen LogP contribution in [0.3, 0.4) is 0 Å². The Balaban J connectivity index is 1.91. The van der Waals surface area contributed by atoms with Crippen LogP contribution in [0.5, 0.6) is 0 Å². The number of rotatable bonds is 7. The van der Waals surface area contributed by atoms with Gasteiger partial charge < -0.3 is 4.42 Å². The molecule has 1 aromatic heterocycles. The molecule has 2 aromatic carbocycles. The first kappa shape index (κ1) is 19.3. The molecule has 138 valence electrons. The fourth-order valence-electron chi connectivity index (χ4n) is 3.08. The van der Waals surface area contributed by atoms with Gasteiger partial charge in [-0.25, -0.2) is 4.79 Å². The summed E-state index contributed by atoms with van der Waals surface area (Å²) < 4.78 is 6.38. The first-order valence-corrected chi connectivity index (χ1v) is 9.88. The van der Waals surface area contributed by atoms with E-state index in [0.717, 1.165) is 22.9 Å². The minimum absolute atomic E-state index is 0.155. The highest BCUT2D eigenvalue weighted by molar-refractivity contribution is 9.10. The van der Waals surface area contributed by atoms with Gasteiger partial charge in [0.1, 0.15) is 11.3 Å². The maximum Gasteiger partial charge on any atom is 0.347 e. The lowest BCUT2D eigenvalue weighted by molar-refractivity contribution is 0.103. The molecular formula is C23H21BrO3. The number of hydrogen-bond acceptors (Lipinski definition) is 3. The van der Waals surface area contributed by atoms with Crippen LogP contribution in [0.4, 0.5) is 0 Å². The summed E-state index contributed by atoms with van der Waals surface area (Å²) in [5, 5.41) is 0. The van der Waals surface area contributed by atoms with Gasteiger partial charge >= 0.3 is 5.63 Å². The molecule has 0 aliphatic rings. The molecular weight excluding hydrogens is 404 g/mol. The van der Waals surface area contributed by atoms with Crippen molar-refractivity contribution >= 4 is 21.7 Å². The van der Waals surface area contributed by atoms with Crippen LogP contribution in [-0.2, 0) is 19.3 Å². The lowest BCUT2D eigenvalue weighted by Gasteiger charge is -2.09. The molecule has 1 heterocycles. The van der Waals surface area contributed by atoms with Gasteiger partial charge in [0.25, 0.3) is 0 Å². The van der Waals surface area contributed by atoms with Crippen molar-refractivity contribution in [2.45, 2.75) is 32.6 Å². The standard InChI is InChI=1S/C23H21BrO3/c1-2-6-18-15-20(14-9-16-7-4-3-5-8-16)27-23(26)21(18)22(25)17-10-12-19(24)13-11-17/h3-5,7-8,10-13,15H,2,6,9,14H2,1H3. The van der Waals surface area contributed by atoms with Crippen LogP contribution >= 0.6 is 15.9 Å². The lowest BCUT2D eigenvalue weighted by Crippen LogP contribution is -2.19. The molecule has 0 bridgehead atoms. The first-order chi connectivity index (χ1) is 13.1. The Labute approximate surface area is 167 Å². The highest BCUT2D eigenvalue weighted by atomic mass is 79.9. The second-order valence-electron chi connectivity index (χ2n) is 6.47. The zero-order chi connectivity index (χ0) is 19.2. The third-order valence-electron chi connectivity index (χ3n) is 4.44. The molecule has 3 aromatic rings. The maximum absolute atomic E-state index is 12.9. The Morgan fingerprint density at radius 2 is 1.67 bits per heavy atom. The number of hydrogen-bond donors (Lipinski definition) is 0. The summed E-state index contributed by atoms with van der Waals surface area (Å²) in [5.74, 6) is 0.342. The summed E-state index contributed by atoms with van der Waals surface area (Å²) >= 11 is 3.36. The van der Waals surface area contributed by atoms with E-state index in [2.05, 4.69) is 28.1 Å². The highest BCUT2D eigenvalue weighted by Crippen LogP contribution is 2.18. The molecule has 0 saturated carbocycles. The Bertz CT molecular complexity index is 973. The zero-order valence-electron chi connectivity index (χ0n) is 15.2. The summed E-state index contributed by atoms with van der Waals surface area (Å²) in [5.41, 5.74) is 2.05. The summed E-state index contributed by atoms with van der Waals surface area (Å²) in [6.45, 7) is 2.03. The van der Waals surface area contributed by atoms with Crippen molar-refractivity contribution in [2.75, 3.05) is 0 Å². The van der Waals surface area contributed by atoms with E-state index in [1.54, 1.807) is 24.3 Å². The van der Waals surface area contributed by atoms with E-state index in [4.69, 9.17) is 4.42 Å². The van der Waals surface area contributed by atoms with Gasteiger partial charge in [0.05, 0.1) is 0 Å². The monoisotopic (exact) mass is 424 g/mol. The minimum Gasteiger partial charge on any atom is -0.427 e. The first-order valence-electron chi connectivity index (χ1n) is 9.08. The summed E-state index contributed by atoms with van der Waals surface area (Å²) in [4.78, 5) is 25.5. The molecule has 27 heavy (non-hydrogen) atoms. The third-order valence-corrected chi connectivity index (χ3v) is 4.97. The Morgan fingerprint density at radius 3 is 2.33 bits per heavy atom. The van der Waals surface area contributed by atoms with Crippen molar-refractivity contribution in [1.29, 1.82) is 0 Å². The van der Waals surface area contributed by atoms with Crippen LogP contribution in [-0.4, -0.2) is 5.78 Å². The molecule has 3 nitrogen and oxygen atoms in total. The molecule has 4 heteroatoms. The Hall–Kier alpha value is -2.46. The molecule has 0 saturated heterocycles. The van der Waals surface area contributed by atoms with E-state index >= 15 is 0 Å². The molecule has 0 unspecified atom stereocenters. The SMILES string of the molecule is CCCc1cc(CCc2ccccc2)oc(=O)c1C(=O)c1ccc(Br)cc1. The molecule has 0 fully saturated rings. The summed E-state index contributed by atoms with van der Waals surface area (Å²) in [6, 6.07) is 19.0. The predicted molar refractivity (Wildman–Crippen MR) is 110 cm³/mol. The normalized spacial score (nSPS) is 10.7. The van der Waals surface area contributed by atoms with E-state index < -0.39 is 5.63 Å². The topological polar surface area (TPSA) is 47.3 Å². The molecule has 0 aliphatic carbocycles. The largest absolute Gasteiger partial charge is 0.427 e. The number of halogens is 1. The molecule has 0 N–H and O–H groups in total. The van der Waals surface area contributed by atoms with Crippen LogP contribution in [0.15, 0.2) is 74.3 Å². The van der Waals surface area contributed by atoms with Crippen LogP contribution in [0, 0.1) is 0 Å². The zero-order valence-corrected chi connectivity index (χ0v) is 16.8. The highest BCUT2D eigenvalue weighted by Gasteiger charge is 2.20. The van der Waals surface area contributed by atoms with E-state index in [1.165, 1.54) is 5.56 Å². The summed E-state index contributed by atoms with van der Waals surface area (Å²) in [7, 11) is 0. The summed E-state index contributed by atoms with van der Waals surface area (Å²) in [6.07, 6.45) is 2.93. The fraction of sp³-hybridized carbons (Fsp3) is 0.217. The average molecular weight is 425 g/mol. The number of ketones is 1. The Kier molecular flexibility index (Phi) is 6.40. The van der Waals surface area contributed by atoms with Gasteiger partial charge in [-0.05, 0) is 54.3 Å². The van der Waals surface area contributed by atoms with E-state index in [9.17, 15) is 9.59 Å². The minimum atomic E-state index is -0.545. The van der Waals surface area contributed by atoms with Gasteiger partial charge in [-0.2, -0.15) is 0 Å². The van der Waals surface area contributed by atoms with E-state index in [-0.39, 0.29) is 11.3 Å². The number of benzene rings is 2. The van der Waals surface area contributed by atoms with Crippen molar-refractivity contribution in [3.63, 3.8) is 0 Å². The van der Waals surface area contributed by atoms with E-state index in [1.807, 2.05) is 31.2 Å². The van der Waals surface area contributed by atoms with Crippen LogP contribution in [0.25, 0.3) is 0 Å². The maximum atomic E-state index is 12.9. The van der Waals surface area contributed by atoms with Crippen molar-refractivity contribution < 1.29 is 9.21 Å². The lowest BCUT2D eigenvalue weighted by atomic mass is 9.96. The van der Waals surface area contributed by atoms with Crippen molar-refractivity contribution in [1.82, 2.24) is 0 Å². The van der Waals surface area contributed by atoms with Crippen molar-refractivity contribution in [3.05, 3.63) is 104 Å². The fourth-order valence-corrected chi connectivity index (χ4v) is 3.35. The molecule has 0 amide bonds. The molecule has 0 atom stereocenters. The molecule has 0 aliphatic heterocycles. The predicted octanol–water partition coefficient (Wildman–Crippen LogP) is 5.37. The smallest absolute Gasteiger partial charge is 0.347 e. The number of aryl methyl sites for hydroxylation is 3. The molecule has 3 rings (SSSR count). The third kappa shape index (κ3) is 4.83. The van der Waals surface area contributed by atoms with Crippen molar-refractivity contribution in [3.8, 4) is 0 Å². The quantitative estimate of drug-likeness (QED) is 0.478. The van der Waals surface area contributed by atoms with Gasteiger partial charge in [0.15, 0.2) is 0 Å². The number of carbonyl (C=O) groups is 1. The van der Waals surface area contributed by atoms with Gasteiger partial charge in [-0.1, -0.05) is 59.6 Å². The van der Waals surface area contributed by atoms with Gasteiger partial charge in [-0.3, -0.25) is 4.79 Å². The van der Waals surface area contributed by atoms with Gasteiger partial charge in [0.2, 0.25) is 5.78 Å². The van der Waals surface area contributed by atoms with Gasteiger partial charge in [0, 0.05) is 16.5 Å². The molecule has 0 spiro atoms. The van der Waals surface area contributed by atoms with Gasteiger partial charge in [-0.15, -0.1) is 0 Å². The van der Waals surface area contributed by atoms with Crippen LogP contribution in [0.2, 0.25) is 0 Å². The van der Waals surface area contributed by atoms with Crippen LogP contribution < -0.4 is 5.63 Å². The van der Waals surface area contributed by atoms with E-state index in [0.29, 0.717) is 24.2 Å². The number of carbonyl (C=O) groups excluding carboxylic acids is 1. The average Bonchev–Trinajstić information content (AvgIpc) is 2.67. The van der Waals surface area contributed by atoms with Crippen LogP contribution in [0.1, 0.15) is 46.2 Å².